The Morgan fingerprint density at radius 1 is 1.14 bits per heavy atom. The van der Waals surface area contributed by atoms with E-state index in [2.05, 4.69) is 32.2 Å². The number of allylic oxidation sites excluding steroid dienone is 6. The van der Waals surface area contributed by atoms with Crippen molar-refractivity contribution in [3.8, 4) is 0 Å². The number of hydrogen-bond donors (Lipinski definition) is 1. The van der Waals surface area contributed by atoms with Crippen molar-refractivity contribution >= 4 is 11.9 Å². The van der Waals surface area contributed by atoms with Crippen LogP contribution in [0.15, 0.2) is 61.8 Å². The molecule has 0 aliphatic heterocycles. The maximum atomic E-state index is 12.5. The molecule has 0 amide bonds. The lowest BCUT2D eigenvalue weighted by Gasteiger charge is -2.24. The largest absolute Gasteiger partial charge is 0.481 e. The minimum absolute atomic E-state index is 0.358. The van der Waals surface area contributed by atoms with Crippen LogP contribution < -0.4 is 0 Å². The van der Waals surface area contributed by atoms with Crippen LogP contribution in [0.2, 0.25) is 0 Å². The van der Waals surface area contributed by atoms with Gasteiger partial charge in [0.15, 0.2) is 0 Å². The van der Waals surface area contributed by atoms with Gasteiger partial charge in [-0.25, -0.2) is 0 Å². The van der Waals surface area contributed by atoms with Crippen LogP contribution in [0.25, 0.3) is 0 Å². The fourth-order valence-corrected chi connectivity index (χ4v) is 3.20. The van der Waals surface area contributed by atoms with Crippen LogP contribution in [0, 0.1) is 17.8 Å². The first-order valence-electron chi connectivity index (χ1n) is 10.2. The van der Waals surface area contributed by atoms with Gasteiger partial charge in [0, 0.05) is 0 Å². The van der Waals surface area contributed by atoms with E-state index in [1.807, 2.05) is 24.3 Å². The van der Waals surface area contributed by atoms with Crippen molar-refractivity contribution in [1.82, 2.24) is 0 Å². The molecule has 1 aliphatic carbocycles. The lowest BCUT2D eigenvalue weighted by molar-refractivity contribution is -0.159. The van der Waals surface area contributed by atoms with Gasteiger partial charge in [0.25, 0.3) is 0 Å². The van der Waals surface area contributed by atoms with Crippen molar-refractivity contribution in [2.24, 2.45) is 17.8 Å². The van der Waals surface area contributed by atoms with Crippen LogP contribution in [-0.4, -0.2) is 23.1 Å². The first kappa shape index (κ1) is 23.7. The third kappa shape index (κ3) is 8.55. The lowest BCUT2D eigenvalue weighted by Crippen LogP contribution is -2.33. The smallest absolute Gasteiger partial charge is 0.311 e. The van der Waals surface area contributed by atoms with Crippen molar-refractivity contribution in [3.05, 3.63) is 61.8 Å². The Bertz CT molecular complexity index is 600. The predicted molar refractivity (Wildman–Crippen MR) is 114 cm³/mol. The molecule has 0 fully saturated rings. The second-order valence-electron chi connectivity index (χ2n) is 7.15. The quantitative estimate of drug-likeness (QED) is 0.253. The fraction of sp³-hybridized carbons (Fsp3) is 0.500. The molecule has 1 aliphatic rings. The molecule has 0 aromatic heterocycles. The van der Waals surface area contributed by atoms with Gasteiger partial charge >= 0.3 is 11.9 Å². The number of carbonyl (C=O) groups is 2. The zero-order valence-corrected chi connectivity index (χ0v) is 17.0. The maximum Gasteiger partial charge on any atom is 0.311 e. The average molecular weight is 387 g/mol. The first-order valence-corrected chi connectivity index (χ1v) is 10.2. The Morgan fingerprint density at radius 2 is 1.86 bits per heavy atom. The molecule has 0 bridgehead atoms. The molecular formula is C24H34O4. The molecule has 0 spiro atoms. The van der Waals surface area contributed by atoms with Gasteiger partial charge in [0.05, 0.1) is 11.8 Å². The standard InChI is InChI=1S/C24H34O4/c1-4-7-8-9-14-19(13-5-2)15-12-16-20(6-3)28-24(27)22-18-11-10-17-21(22)23(25)26/h5-6,9-12,14,16,19-22H,2-4,7-8,13,15,17-18H2,1H3,(H,25,26). The molecule has 0 saturated carbocycles. The molecule has 4 unspecified atom stereocenters. The summed E-state index contributed by atoms with van der Waals surface area (Å²) in [5.41, 5.74) is 0. The Morgan fingerprint density at radius 3 is 2.46 bits per heavy atom. The summed E-state index contributed by atoms with van der Waals surface area (Å²) in [6.45, 7) is 9.73. The number of hydrogen-bond acceptors (Lipinski definition) is 3. The minimum Gasteiger partial charge on any atom is -0.481 e. The van der Waals surface area contributed by atoms with E-state index < -0.39 is 29.9 Å². The van der Waals surface area contributed by atoms with Gasteiger partial charge in [-0.05, 0) is 50.2 Å². The van der Waals surface area contributed by atoms with E-state index in [9.17, 15) is 14.7 Å². The average Bonchev–Trinajstić information content (AvgIpc) is 2.70. The molecule has 0 aromatic rings. The molecule has 28 heavy (non-hydrogen) atoms. The zero-order valence-electron chi connectivity index (χ0n) is 17.0. The summed E-state index contributed by atoms with van der Waals surface area (Å²) in [6.07, 6.45) is 20.7. The van der Waals surface area contributed by atoms with Gasteiger partial charge in [-0.1, -0.05) is 62.8 Å². The van der Waals surface area contributed by atoms with Crippen molar-refractivity contribution in [2.75, 3.05) is 0 Å². The third-order valence-corrected chi connectivity index (χ3v) is 4.90. The van der Waals surface area contributed by atoms with Crippen LogP contribution in [0.3, 0.4) is 0 Å². The molecule has 4 atom stereocenters. The topological polar surface area (TPSA) is 63.6 Å². The van der Waals surface area contributed by atoms with E-state index in [-0.39, 0.29) is 0 Å². The van der Waals surface area contributed by atoms with E-state index in [0.717, 1.165) is 19.3 Å². The highest BCUT2D eigenvalue weighted by atomic mass is 16.5. The highest BCUT2D eigenvalue weighted by Gasteiger charge is 2.35. The Labute approximate surface area is 169 Å². The molecule has 0 aromatic carbocycles. The van der Waals surface area contributed by atoms with Crippen molar-refractivity contribution in [3.63, 3.8) is 0 Å². The summed E-state index contributed by atoms with van der Waals surface area (Å²) in [7, 11) is 0. The second kappa shape index (κ2) is 13.8. The minimum atomic E-state index is -0.959. The van der Waals surface area contributed by atoms with Gasteiger partial charge in [-0.2, -0.15) is 0 Å². The number of ether oxygens (including phenoxy) is 1. The summed E-state index contributed by atoms with van der Waals surface area (Å²) in [4.78, 5) is 23.8. The zero-order chi connectivity index (χ0) is 20.8. The Kier molecular flexibility index (Phi) is 11.6. The summed E-state index contributed by atoms with van der Waals surface area (Å²) in [5.74, 6) is -2.44. The van der Waals surface area contributed by atoms with Crippen LogP contribution in [0.1, 0.15) is 51.9 Å². The normalized spacial score (nSPS) is 21.5. The molecule has 1 rings (SSSR count). The fourth-order valence-electron chi connectivity index (χ4n) is 3.20. The number of rotatable bonds is 13. The van der Waals surface area contributed by atoms with E-state index in [1.165, 1.54) is 12.8 Å². The van der Waals surface area contributed by atoms with Crippen LogP contribution in [0.4, 0.5) is 0 Å². The molecule has 154 valence electrons. The van der Waals surface area contributed by atoms with Crippen LogP contribution >= 0.6 is 0 Å². The van der Waals surface area contributed by atoms with Crippen LogP contribution in [0.5, 0.6) is 0 Å². The Balaban J connectivity index is 2.61. The number of carboxylic acid groups (broad SMARTS) is 1. The van der Waals surface area contributed by atoms with Crippen molar-refractivity contribution < 1.29 is 19.4 Å². The Hall–Kier alpha value is -2.36. The van der Waals surface area contributed by atoms with Crippen molar-refractivity contribution in [2.45, 2.75) is 58.0 Å². The van der Waals surface area contributed by atoms with Crippen molar-refractivity contribution in [1.29, 1.82) is 0 Å². The molecule has 4 heteroatoms. The third-order valence-electron chi connectivity index (χ3n) is 4.90. The molecule has 0 heterocycles. The SMILES string of the molecule is C=CCC(C=CCCCC)CC=CC(C=C)OC(=O)C1CC=CCC1C(=O)O. The van der Waals surface area contributed by atoms with Gasteiger partial charge < -0.3 is 9.84 Å². The second-order valence-corrected chi connectivity index (χ2v) is 7.15. The molecular weight excluding hydrogens is 352 g/mol. The monoisotopic (exact) mass is 386 g/mol. The van der Waals surface area contributed by atoms with E-state index >= 15 is 0 Å². The van der Waals surface area contributed by atoms with Gasteiger partial charge in [0.1, 0.15) is 6.10 Å². The molecule has 1 N–H and O–H groups in total. The maximum absolute atomic E-state index is 12.5. The predicted octanol–water partition coefficient (Wildman–Crippen LogP) is 5.64. The van der Waals surface area contributed by atoms with E-state index in [1.54, 1.807) is 12.2 Å². The van der Waals surface area contributed by atoms with E-state index in [0.29, 0.717) is 18.8 Å². The van der Waals surface area contributed by atoms with Gasteiger partial charge in [-0.15, -0.1) is 6.58 Å². The highest BCUT2D eigenvalue weighted by Crippen LogP contribution is 2.27. The number of carboxylic acids is 1. The number of aliphatic carboxylic acids is 1. The molecule has 0 radical (unpaired) electrons. The van der Waals surface area contributed by atoms with Crippen LogP contribution in [-0.2, 0) is 14.3 Å². The molecule has 0 saturated heterocycles. The molecule has 4 nitrogen and oxygen atoms in total. The summed E-state index contributed by atoms with van der Waals surface area (Å²) in [6, 6.07) is 0. The summed E-state index contributed by atoms with van der Waals surface area (Å²) in [5, 5.41) is 9.32. The number of carbonyl (C=O) groups excluding carboxylic acids is 1. The van der Waals surface area contributed by atoms with Gasteiger partial charge in [0.2, 0.25) is 0 Å². The summed E-state index contributed by atoms with van der Waals surface area (Å²) >= 11 is 0. The van der Waals surface area contributed by atoms with E-state index in [4.69, 9.17) is 4.74 Å². The lowest BCUT2D eigenvalue weighted by atomic mass is 9.83. The number of unbranched alkanes of at least 4 members (excludes halogenated alkanes) is 2. The van der Waals surface area contributed by atoms with Gasteiger partial charge in [-0.3, -0.25) is 9.59 Å². The highest BCUT2D eigenvalue weighted by molar-refractivity contribution is 5.82. The summed E-state index contributed by atoms with van der Waals surface area (Å²) < 4.78 is 5.50. The number of esters is 1. The first-order chi connectivity index (χ1) is 13.5.